The summed E-state index contributed by atoms with van der Waals surface area (Å²) >= 11 is 0. The zero-order valence-corrected chi connectivity index (χ0v) is 7.41. The van der Waals surface area contributed by atoms with Crippen LogP contribution in [0.5, 0.6) is 11.6 Å². The second kappa shape index (κ2) is 3.16. The molecule has 0 amide bonds. The third-order valence-corrected chi connectivity index (χ3v) is 2.29. The molecule has 5 heteroatoms. The molecule has 0 spiro atoms. The summed E-state index contributed by atoms with van der Waals surface area (Å²) in [6, 6.07) is 1.73. The van der Waals surface area contributed by atoms with Crippen molar-refractivity contribution in [2.24, 2.45) is 0 Å². The summed E-state index contributed by atoms with van der Waals surface area (Å²) in [7, 11) is 0. The zero-order chi connectivity index (χ0) is 10.1. The molecule has 1 aromatic rings. The minimum absolute atomic E-state index is 0.128. The van der Waals surface area contributed by atoms with Crippen molar-refractivity contribution in [1.29, 1.82) is 5.26 Å². The van der Waals surface area contributed by atoms with E-state index in [9.17, 15) is 10.2 Å². The molecule has 2 heterocycles. The predicted molar refractivity (Wildman–Crippen MR) is 47.7 cm³/mol. The van der Waals surface area contributed by atoms with E-state index >= 15 is 0 Å². The van der Waals surface area contributed by atoms with E-state index in [1.54, 1.807) is 6.07 Å². The molecule has 1 aliphatic heterocycles. The molecule has 1 aromatic heterocycles. The van der Waals surface area contributed by atoms with Crippen LogP contribution in [0, 0.1) is 11.3 Å². The number of fused-ring (bicyclic) bond motifs is 1. The Balaban J connectivity index is 2.65. The summed E-state index contributed by atoms with van der Waals surface area (Å²) in [4.78, 5) is 3.86. The fraction of sp³-hybridized carbons (Fsp3) is 0.333. The molecule has 0 saturated carbocycles. The predicted octanol–water partition coefficient (Wildman–Crippen LogP) is 0.0102. The highest BCUT2D eigenvalue weighted by atomic mass is 16.3. The Kier molecular flexibility index (Phi) is 1.98. The van der Waals surface area contributed by atoms with Crippen LogP contribution in [0.15, 0.2) is 0 Å². The number of aromatic nitrogens is 1. The van der Waals surface area contributed by atoms with Crippen molar-refractivity contribution in [3.63, 3.8) is 0 Å². The third kappa shape index (κ3) is 1.17. The number of nitrogens with one attached hydrogen (secondary N) is 1. The topological polar surface area (TPSA) is 89.2 Å². The molecule has 0 aliphatic carbocycles. The standard InChI is InChI=1S/C9H9N3O2/c10-3-6-8(13)5-1-2-11-4-7(5)12-9(6)14/h11H,1-2,4H2,(H2,12,13,14). The normalized spacial score (nSPS) is 14.5. The number of nitrogens with zero attached hydrogens (tertiary/aromatic N) is 2. The maximum absolute atomic E-state index is 9.67. The second-order valence-corrected chi connectivity index (χ2v) is 3.12. The fourth-order valence-electron chi connectivity index (χ4n) is 1.58. The van der Waals surface area contributed by atoms with E-state index in [-0.39, 0.29) is 11.3 Å². The van der Waals surface area contributed by atoms with Crippen molar-refractivity contribution in [2.45, 2.75) is 13.0 Å². The first kappa shape index (κ1) is 8.78. The molecule has 0 saturated heterocycles. The van der Waals surface area contributed by atoms with Crippen molar-refractivity contribution >= 4 is 0 Å². The van der Waals surface area contributed by atoms with Crippen LogP contribution in [0.3, 0.4) is 0 Å². The van der Waals surface area contributed by atoms with Crippen LogP contribution in [-0.2, 0) is 13.0 Å². The summed E-state index contributed by atoms with van der Waals surface area (Å²) in [6.07, 6.45) is 0.628. The highest BCUT2D eigenvalue weighted by molar-refractivity contribution is 5.54. The Bertz CT molecular complexity index is 423. The Morgan fingerprint density at radius 2 is 2.21 bits per heavy atom. The Morgan fingerprint density at radius 3 is 2.93 bits per heavy atom. The maximum Gasteiger partial charge on any atom is 0.233 e. The SMILES string of the molecule is N#Cc1c(O)nc2c(c1O)CCNC2. The van der Waals surface area contributed by atoms with Gasteiger partial charge >= 0.3 is 0 Å². The van der Waals surface area contributed by atoms with Crippen molar-refractivity contribution in [1.82, 2.24) is 10.3 Å². The van der Waals surface area contributed by atoms with Crippen LogP contribution in [0.1, 0.15) is 16.8 Å². The van der Waals surface area contributed by atoms with Gasteiger partial charge in [-0.1, -0.05) is 0 Å². The Morgan fingerprint density at radius 1 is 1.43 bits per heavy atom. The van der Waals surface area contributed by atoms with E-state index in [1.807, 2.05) is 0 Å². The number of hydrogen-bond acceptors (Lipinski definition) is 5. The molecule has 0 unspecified atom stereocenters. The molecule has 0 bridgehead atoms. The van der Waals surface area contributed by atoms with Gasteiger partial charge in [0.1, 0.15) is 11.8 Å². The molecule has 0 radical (unpaired) electrons. The van der Waals surface area contributed by atoms with Crippen LogP contribution < -0.4 is 5.32 Å². The van der Waals surface area contributed by atoms with Gasteiger partial charge in [-0.2, -0.15) is 5.26 Å². The van der Waals surface area contributed by atoms with Crippen molar-refractivity contribution in [3.05, 3.63) is 16.8 Å². The van der Waals surface area contributed by atoms with Gasteiger partial charge in [-0.05, 0) is 13.0 Å². The lowest BCUT2D eigenvalue weighted by Crippen LogP contribution is -2.24. The maximum atomic E-state index is 9.67. The van der Waals surface area contributed by atoms with Gasteiger partial charge in [0.05, 0.1) is 5.69 Å². The average Bonchev–Trinajstić information content (AvgIpc) is 2.18. The number of rotatable bonds is 0. The van der Waals surface area contributed by atoms with Crippen LogP contribution in [0.4, 0.5) is 0 Å². The summed E-state index contributed by atoms with van der Waals surface area (Å²) < 4.78 is 0. The van der Waals surface area contributed by atoms with Crippen LogP contribution >= 0.6 is 0 Å². The summed E-state index contributed by atoms with van der Waals surface area (Å²) in [5.41, 5.74) is 1.15. The first-order valence-corrected chi connectivity index (χ1v) is 4.28. The lowest BCUT2D eigenvalue weighted by molar-refractivity contribution is 0.418. The van der Waals surface area contributed by atoms with Crippen LogP contribution in [0.2, 0.25) is 0 Å². The fourth-order valence-corrected chi connectivity index (χ4v) is 1.58. The van der Waals surface area contributed by atoms with E-state index in [1.165, 1.54) is 0 Å². The number of aromatic hydroxyl groups is 2. The van der Waals surface area contributed by atoms with Gasteiger partial charge in [0, 0.05) is 12.1 Å². The summed E-state index contributed by atoms with van der Waals surface area (Å²) in [5, 5.41) is 30.7. The van der Waals surface area contributed by atoms with Crippen molar-refractivity contribution in [2.75, 3.05) is 6.54 Å². The molecule has 72 valence electrons. The molecule has 2 rings (SSSR count). The largest absolute Gasteiger partial charge is 0.506 e. The van der Waals surface area contributed by atoms with Gasteiger partial charge in [-0.15, -0.1) is 0 Å². The minimum Gasteiger partial charge on any atom is -0.506 e. The van der Waals surface area contributed by atoms with Gasteiger partial charge in [0.2, 0.25) is 5.88 Å². The summed E-state index contributed by atoms with van der Waals surface area (Å²) in [6.45, 7) is 1.26. The Labute approximate surface area is 80.6 Å². The molecule has 1 aliphatic rings. The summed E-state index contributed by atoms with van der Waals surface area (Å²) in [5.74, 6) is -0.524. The van der Waals surface area contributed by atoms with Gasteiger partial charge < -0.3 is 15.5 Å². The molecule has 0 fully saturated rings. The minimum atomic E-state index is -0.396. The van der Waals surface area contributed by atoms with E-state index < -0.39 is 5.88 Å². The van der Waals surface area contributed by atoms with E-state index in [2.05, 4.69) is 10.3 Å². The Hall–Kier alpha value is -1.80. The van der Waals surface area contributed by atoms with Crippen LogP contribution in [-0.4, -0.2) is 21.7 Å². The third-order valence-electron chi connectivity index (χ3n) is 2.29. The second-order valence-electron chi connectivity index (χ2n) is 3.12. The number of nitriles is 1. The zero-order valence-electron chi connectivity index (χ0n) is 7.41. The smallest absolute Gasteiger partial charge is 0.233 e. The van der Waals surface area contributed by atoms with E-state index in [0.717, 1.165) is 6.54 Å². The lowest BCUT2D eigenvalue weighted by Gasteiger charge is -2.17. The van der Waals surface area contributed by atoms with Gasteiger partial charge in [0.15, 0.2) is 5.56 Å². The van der Waals surface area contributed by atoms with E-state index in [0.29, 0.717) is 24.2 Å². The van der Waals surface area contributed by atoms with Crippen molar-refractivity contribution in [3.8, 4) is 17.7 Å². The molecule has 14 heavy (non-hydrogen) atoms. The highest BCUT2D eigenvalue weighted by Crippen LogP contribution is 2.31. The average molecular weight is 191 g/mol. The molecular formula is C9H9N3O2. The lowest BCUT2D eigenvalue weighted by atomic mass is 10.0. The highest BCUT2D eigenvalue weighted by Gasteiger charge is 2.20. The molecule has 3 N–H and O–H groups in total. The first-order chi connectivity index (χ1) is 6.74. The van der Waals surface area contributed by atoms with Gasteiger partial charge in [-0.3, -0.25) is 0 Å². The van der Waals surface area contributed by atoms with Gasteiger partial charge in [0.25, 0.3) is 0 Å². The van der Waals surface area contributed by atoms with Crippen molar-refractivity contribution < 1.29 is 10.2 Å². The number of hydrogen-bond donors (Lipinski definition) is 3. The molecule has 5 nitrogen and oxygen atoms in total. The monoisotopic (exact) mass is 191 g/mol. The van der Waals surface area contributed by atoms with Crippen LogP contribution in [0.25, 0.3) is 0 Å². The first-order valence-electron chi connectivity index (χ1n) is 4.28. The molecule has 0 atom stereocenters. The number of pyridine rings is 1. The quantitative estimate of drug-likeness (QED) is 0.537. The van der Waals surface area contributed by atoms with Gasteiger partial charge in [-0.25, -0.2) is 4.98 Å². The molecular weight excluding hydrogens is 182 g/mol. The van der Waals surface area contributed by atoms with E-state index in [4.69, 9.17) is 5.26 Å². The molecule has 0 aromatic carbocycles.